The first-order valence-corrected chi connectivity index (χ1v) is 12.6. The second kappa shape index (κ2) is 11.9. The molecule has 1 aliphatic heterocycles. The highest BCUT2D eigenvalue weighted by Gasteiger charge is 2.42. The van der Waals surface area contributed by atoms with E-state index in [-0.39, 0.29) is 11.8 Å². The van der Waals surface area contributed by atoms with Crippen LogP contribution in [0.4, 0.5) is 0 Å². The number of nitrogens with one attached hydrogen (secondary N) is 1. The molecule has 1 aliphatic rings. The number of ether oxygens (including phenoxy) is 1. The number of benzene rings is 3. The molecule has 2 amide bonds. The van der Waals surface area contributed by atoms with Crippen LogP contribution < -0.4 is 10.1 Å². The molecule has 0 bridgehead atoms. The summed E-state index contributed by atoms with van der Waals surface area (Å²) in [7, 11) is 3.40. The van der Waals surface area contributed by atoms with Crippen LogP contribution in [0.5, 0.6) is 5.75 Å². The number of hydrogen-bond acceptors (Lipinski definition) is 4. The van der Waals surface area contributed by atoms with E-state index in [0.29, 0.717) is 12.1 Å². The van der Waals surface area contributed by atoms with Crippen LogP contribution in [-0.4, -0.2) is 55.4 Å². The summed E-state index contributed by atoms with van der Waals surface area (Å²) in [6.45, 7) is 5.48. The number of hydrogen-bond donors (Lipinski definition) is 1. The second-order valence-electron chi connectivity index (χ2n) is 9.20. The highest BCUT2D eigenvalue weighted by molar-refractivity contribution is 6.01. The van der Waals surface area contributed by atoms with Gasteiger partial charge in [0.2, 0.25) is 5.91 Å². The van der Waals surface area contributed by atoms with Crippen LogP contribution in [0.15, 0.2) is 78.9 Å². The summed E-state index contributed by atoms with van der Waals surface area (Å²) in [6.07, 6.45) is 0.850. The molecule has 0 radical (unpaired) electrons. The highest BCUT2D eigenvalue weighted by atomic mass is 16.5. The topological polar surface area (TPSA) is 61.9 Å². The molecule has 6 heteroatoms. The first-order chi connectivity index (χ1) is 17.5. The molecule has 3 aromatic rings. The van der Waals surface area contributed by atoms with E-state index in [4.69, 9.17) is 4.74 Å². The minimum absolute atomic E-state index is 0.0614. The van der Waals surface area contributed by atoms with Gasteiger partial charge in [-0.15, -0.1) is 0 Å². The predicted molar refractivity (Wildman–Crippen MR) is 142 cm³/mol. The molecule has 0 spiro atoms. The molecule has 0 saturated heterocycles. The fourth-order valence-electron chi connectivity index (χ4n) is 4.99. The molecule has 0 unspecified atom stereocenters. The predicted octanol–water partition coefficient (Wildman–Crippen LogP) is 4.63. The van der Waals surface area contributed by atoms with Crippen molar-refractivity contribution in [3.8, 4) is 5.75 Å². The van der Waals surface area contributed by atoms with E-state index in [9.17, 15) is 9.59 Å². The number of methoxy groups -OCH3 is 1. The molecule has 1 N–H and O–H groups in total. The van der Waals surface area contributed by atoms with Gasteiger partial charge in [-0.2, -0.15) is 0 Å². The summed E-state index contributed by atoms with van der Waals surface area (Å²) in [4.78, 5) is 30.9. The van der Waals surface area contributed by atoms with Crippen molar-refractivity contribution in [3.05, 3.63) is 101 Å². The van der Waals surface area contributed by atoms with Crippen LogP contribution in [0, 0.1) is 0 Å². The van der Waals surface area contributed by atoms with E-state index in [1.54, 1.807) is 25.1 Å². The molecule has 6 nitrogen and oxygen atoms in total. The third-order valence-corrected chi connectivity index (χ3v) is 6.97. The molecule has 0 saturated carbocycles. The third kappa shape index (κ3) is 5.60. The first kappa shape index (κ1) is 25.5. The monoisotopic (exact) mass is 485 g/mol. The lowest BCUT2D eigenvalue weighted by atomic mass is 9.79. The van der Waals surface area contributed by atoms with E-state index in [1.807, 2.05) is 48.5 Å². The van der Waals surface area contributed by atoms with Crippen LogP contribution in [-0.2, 0) is 11.3 Å². The molecule has 0 aromatic heterocycles. The Morgan fingerprint density at radius 3 is 2.39 bits per heavy atom. The van der Waals surface area contributed by atoms with Crippen LogP contribution in [0.2, 0.25) is 0 Å². The zero-order valence-electron chi connectivity index (χ0n) is 21.3. The Morgan fingerprint density at radius 1 is 1.00 bits per heavy atom. The summed E-state index contributed by atoms with van der Waals surface area (Å²) < 4.78 is 5.30. The van der Waals surface area contributed by atoms with Gasteiger partial charge in [0.1, 0.15) is 5.75 Å². The molecular formula is C30H35N3O3. The fraction of sp³-hybridized carbons (Fsp3) is 0.333. The van der Waals surface area contributed by atoms with Gasteiger partial charge in [-0.1, -0.05) is 67.6 Å². The van der Waals surface area contributed by atoms with Gasteiger partial charge >= 0.3 is 0 Å². The van der Waals surface area contributed by atoms with Gasteiger partial charge in [-0.25, -0.2) is 0 Å². The maximum atomic E-state index is 13.6. The standard InChI is InChI=1S/C30H35N3O3/c1-4-33(21-22-11-6-5-7-12-22)20-10-19-31-29(34)27-25-13-8-9-14-26(25)30(35)32(2)28(27)23-15-17-24(36-3)18-16-23/h5-9,11-18,27-28H,4,10,19-21H2,1-3H3,(H,31,34)/t27-,28+/m0/s1. The zero-order valence-corrected chi connectivity index (χ0v) is 21.3. The van der Waals surface area contributed by atoms with Crippen molar-refractivity contribution in [2.24, 2.45) is 0 Å². The van der Waals surface area contributed by atoms with Crippen molar-refractivity contribution in [1.29, 1.82) is 0 Å². The Balaban J connectivity index is 1.48. The Kier molecular flexibility index (Phi) is 8.39. The summed E-state index contributed by atoms with van der Waals surface area (Å²) >= 11 is 0. The number of rotatable bonds is 10. The molecule has 0 fully saturated rings. The number of amides is 2. The number of fused-ring (bicyclic) bond motifs is 1. The lowest BCUT2D eigenvalue weighted by Gasteiger charge is -2.39. The van der Waals surface area contributed by atoms with E-state index < -0.39 is 12.0 Å². The van der Waals surface area contributed by atoms with E-state index in [2.05, 4.69) is 41.4 Å². The fourth-order valence-corrected chi connectivity index (χ4v) is 4.99. The first-order valence-electron chi connectivity index (χ1n) is 12.6. The second-order valence-corrected chi connectivity index (χ2v) is 9.20. The third-order valence-electron chi connectivity index (χ3n) is 6.97. The van der Waals surface area contributed by atoms with Gasteiger partial charge in [0.05, 0.1) is 19.1 Å². The molecule has 4 rings (SSSR count). The quantitative estimate of drug-likeness (QED) is 0.425. The summed E-state index contributed by atoms with van der Waals surface area (Å²) in [6, 6.07) is 25.1. The summed E-state index contributed by atoms with van der Waals surface area (Å²) in [5.74, 6) is 0.105. The maximum Gasteiger partial charge on any atom is 0.254 e. The van der Waals surface area contributed by atoms with Crippen LogP contribution in [0.3, 0.4) is 0 Å². The average Bonchev–Trinajstić information content (AvgIpc) is 2.92. The molecule has 36 heavy (non-hydrogen) atoms. The molecule has 2 atom stereocenters. The van der Waals surface area contributed by atoms with E-state index in [1.165, 1.54) is 5.56 Å². The van der Waals surface area contributed by atoms with E-state index >= 15 is 0 Å². The minimum Gasteiger partial charge on any atom is -0.497 e. The molecule has 1 heterocycles. The molecule has 3 aromatic carbocycles. The average molecular weight is 486 g/mol. The van der Waals surface area contributed by atoms with E-state index in [0.717, 1.165) is 42.9 Å². The van der Waals surface area contributed by atoms with Crippen molar-refractivity contribution in [2.75, 3.05) is 33.8 Å². The number of likely N-dealkylation sites (N-methyl/N-ethyl adjacent to an activating group) is 1. The van der Waals surface area contributed by atoms with Crippen molar-refractivity contribution in [3.63, 3.8) is 0 Å². The van der Waals surface area contributed by atoms with Crippen LogP contribution in [0.1, 0.15) is 52.4 Å². The Bertz CT molecular complexity index is 1160. The number of carbonyl (C=O) groups is 2. The lowest BCUT2D eigenvalue weighted by Crippen LogP contribution is -2.46. The molecule has 0 aliphatic carbocycles. The van der Waals surface area contributed by atoms with Crippen molar-refractivity contribution in [1.82, 2.24) is 15.1 Å². The van der Waals surface area contributed by atoms with Crippen molar-refractivity contribution >= 4 is 11.8 Å². The van der Waals surface area contributed by atoms with Crippen LogP contribution >= 0.6 is 0 Å². The Morgan fingerprint density at radius 2 is 1.69 bits per heavy atom. The van der Waals surface area contributed by atoms with Gasteiger partial charge < -0.3 is 15.0 Å². The summed E-state index contributed by atoms with van der Waals surface area (Å²) in [5.41, 5.74) is 3.56. The maximum absolute atomic E-state index is 13.6. The Hall–Kier alpha value is -3.64. The zero-order chi connectivity index (χ0) is 25.5. The number of carbonyl (C=O) groups excluding carboxylic acids is 2. The summed E-state index contributed by atoms with van der Waals surface area (Å²) in [5, 5.41) is 3.17. The van der Waals surface area contributed by atoms with Crippen molar-refractivity contribution < 1.29 is 14.3 Å². The van der Waals surface area contributed by atoms with Crippen molar-refractivity contribution in [2.45, 2.75) is 31.8 Å². The van der Waals surface area contributed by atoms with Gasteiger partial charge in [0, 0.05) is 32.2 Å². The van der Waals surface area contributed by atoms with Crippen LogP contribution in [0.25, 0.3) is 0 Å². The number of nitrogens with zero attached hydrogens (tertiary/aromatic N) is 2. The molecular weight excluding hydrogens is 450 g/mol. The minimum atomic E-state index is -0.496. The van der Waals surface area contributed by atoms with Gasteiger partial charge in [-0.05, 0) is 47.9 Å². The van der Waals surface area contributed by atoms with Gasteiger partial charge in [0.15, 0.2) is 0 Å². The largest absolute Gasteiger partial charge is 0.497 e. The van der Waals surface area contributed by atoms with Gasteiger partial charge in [0.25, 0.3) is 5.91 Å². The highest BCUT2D eigenvalue weighted by Crippen LogP contribution is 2.42. The lowest BCUT2D eigenvalue weighted by molar-refractivity contribution is -0.124. The molecule has 188 valence electrons. The SMILES string of the molecule is CCN(CCCNC(=O)[C@H]1c2ccccc2C(=O)N(C)[C@@H]1c1ccc(OC)cc1)Cc1ccccc1. The Labute approximate surface area is 213 Å². The van der Waals surface area contributed by atoms with Gasteiger partial charge in [-0.3, -0.25) is 14.5 Å². The smallest absolute Gasteiger partial charge is 0.254 e. The normalized spacial score (nSPS) is 17.1.